The molecule has 166 valence electrons. The van der Waals surface area contributed by atoms with E-state index >= 15 is 0 Å². The van der Waals surface area contributed by atoms with Crippen molar-refractivity contribution >= 4 is 40.0 Å². The molecule has 0 radical (unpaired) electrons. The molecule has 0 amide bonds. The minimum Gasteiger partial charge on any atom is -0.360 e. The molecule has 0 saturated heterocycles. The lowest BCUT2D eigenvalue weighted by Crippen LogP contribution is -2.20. The molecule has 0 aliphatic carbocycles. The summed E-state index contributed by atoms with van der Waals surface area (Å²) < 4.78 is 2.00. The number of aromatic amines is 1. The Morgan fingerprint density at radius 1 is 1.19 bits per heavy atom. The molecule has 2 heterocycles. The van der Waals surface area contributed by atoms with Crippen molar-refractivity contribution in [2.75, 3.05) is 19.8 Å². The van der Waals surface area contributed by atoms with Crippen molar-refractivity contribution < 1.29 is 4.79 Å². The lowest BCUT2D eigenvalue weighted by atomic mass is 10.1. The third-order valence-corrected chi connectivity index (χ3v) is 6.89. The van der Waals surface area contributed by atoms with E-state index in [4.69, 9.17) is 11.6 Å². The highest BCUT2D eigenvalue weighted by atomic mass is 35.5. The molecule has 0 saturated carbocycles. The normalized spacial score (nSPS) is 12.6. The summed E-state index contributed by atoms with van der Waals surface area (Å²) in [5.74, 6) is 1.14. The van der Waals surface area contributed by atoms with Gasteiger partial charge in [0.2, 0.25) is 0 Å². The van der Waals surface area contributed by atoms with Crippen molar-refractivity contribution in [2.24, 2.45) is 0 Å². The molecule has 8 heteroatoms. The topological polar surface area (TPSA) is 66.8 Å². The second kappa shape index (κ2) is 9.48. The van der Waals surface area contributed by atoms with E-state index < -0.39 is 0 Å². The van der Waals surface area contributed by atoms with Crippen LogP contribution in [0.3, 0.4) is 0 Å². The molecule has 2 aromatic heterocycles. The highest BCUT2D eigenvalue weighted by molar-refractivity contribution is 7.99. The lowest BCUT2D eigenvalue weighted by molar-refractivity contribution is 0.102. The Bertz CT molecular complexity index is 1250. The van der Waals surface area contributed by atoms with Crippen LogP contribution in [0.25, 0.3) is 16.6 Å². The van der Waals surface area contributed by atoms with E-state index in [2.05, 4.69) is 40.0 Å². The fourth-order valence-corrected chi connectivity index (χ4v) is 4.63. The average Bonchev–Trinajstić information content (AvgIpc) is 3.41. The molecular formula is C24H26ClN5OS. The van der Waals surface area contributed by atoms with Crippen LogP contribution in [0.4, 0.5) is 0 Å². The SMILES string of the molecule is CCc1cccc2c(C(=O)CSc3nnc([C@H](C)N(C)C)n3-c3ccc(Cl)cc3)c[nH]c12. The van der Waals surface area contributed by atoms with Crippen molar-refractivity contribution in [1.82, 2.24) is 24.6 Å². The van der Waals surface area contributed by atoms with E-state index in [1.54, 1.807) is 0 Å². The monoisotopic (exact) mass is 467 g/mol. The molecule has 4 aromatic rings. The number of halogens is 1. The van der Waals surface area contributed by atoms with Crippen LogP contribution in [-0.2, 0) is 6.42 Å². The van der Waals surface area contributed by atoms with Crippen molar-refractivity contribution in [3.05, 3.63) is 70.6 Å². The zero-order chi connectivity index (χ0) is 22.8. The first-order valence-corrected chi connectivity index (χ1v) is 11.9. The van der Waals surface area contributed by atoms with Gasteiger partial charge in [-0.3, -0.25) is 14.3 Å². The Balaban J connectivity index is 1.63. The Morgan fingerprint density at radius 2 is 1.94 bits per heavy atom. The van der Waals surface area contributed by atoms with Gasteiger partial charge in [-0.1, -0.05) is 48.5 Å². The molecule has 6 nitrogen and oxygen atoms in total. The number of hydrogen-bond donors (Lipinski definition) is 1. The second-order valence-corrected chi connectivity index (χ2v) is 9.28. The highest BCUT2D eigenvalue weighted by Crippen LogP contribution is 2.29. The number of carbonyl (C=O) groups is 1. The smallest absolute Gasteiger partial charge is 0.196 e. The van der Waals surface area contributed by atoms with Crippen LogP contribution in [0.15, 0.2) is 53.8 Å². The number of hydrogen-bond acceptors (Lipinski definition) is 5. The van der Waals surface area contributed by atoms with E-state index in [0.29, 0.717) is 15.7 Å². The van der Waals surface area contributed by atoms with Gasteiger partial charge < -0.3 is 4.98 Å². The Kier molecular flexibility index (Phi) is 6.69. The zero-order valence-corrected chi connectivity index (χ0v) is 20.2. The Morgan fingerprint density at radius 3 is 2.62 bits per heavy atom. The number of rotatable bonds is 8. The Hall–Kier alpha value is -2.61. The fourth-order valence-electron chi connectivity index (χ4n) is 3.66. The van der Waals surface area contributed by atoms with Gasteiger partial charge in [-0.25, -0.2) is 0 Å². The lowest BCUT2D eigenvalue weighted by Gasteiger charge is -2.20. The average molecular weight is 468 g/mol. The van der Waals surface area contributed by atoms with Crippen LogP contribution in [0.1, 0.15) is 41.6 Å². The van der Waals surface area contributed by atoms with Crippen LogP contribution in [0, 0.1) is 0 Å². The van der Waals surface area contributed by atoms with Gasteiger partial charge in [-0.05, 0) is 57.3 Å². The summed E-state index contributed by atoms with van der Waals surface area (Å²) in [6.45, 7) is 4.19. The molecule has 4 rings (SSSR count). The van der Waals surface area contributed by atoms with Crippen LogP contribution in [-0.4, -0.2) is 50.3 Å². The molecule has 32 heavy (non-hydrogen) atoms. The first-order valence-electron chi connectivity index (χ1n) is 10.5. The zero-order valence-electron chi connectivity index (χ0n) is 18.6. The maximum absolute atomic E-state index is 13.1. The predicted octanol–water partition coefficient (Wildman–Crippen LogP) is 5.56. The first-order chi connectivity index (χ1) is 15.4. The number of nitrogens with zero attached hydrogens (tertiary/aromatic N) is 4. The summed E-state index contributed by atoms with van der Waals surface area (Å²) in [6.07, 6.45) is 2.73. The summed E-state index contributed by atoms with van der Waals surface area (Å²) in [5.41, 5.74) is 3.87. The van der Waals surface area contributed by atoms with Gasteiger partial charge in [0, 0.05) is 33.4 Å². The number of para-hydroxylation sites is 1. The number of thioether (sulfide) groups is 1. The maximum atomic E-state index is 13.1. The molecule has 0 unspecified atom stereocenters. The third kappa shape index (κ3) is 4.33. The number of ketones is 1. The highest BCUT2D eigenvalue weighted by Gasteiger charge is 2.22. The van der Waals surface area contributed by atoms with Crippen LogP contribution >= 0.6 is 23.4 Å². The van der Waals surface area contributed by atoms with E-state index in [0.717, 1.165) is 28.8 Å². The number of nitrogens with one attached hydrogen (secondary N) is 1. The fraction of sp³-hybridized carbons (Fsp3) is 0.292. The van der Waals surface area contributed by atoms with Crippen molar-refractivity contribution in [2.45, 2.75) is 31.5 Å². The molecule has 0 fully saturated rings. The summed E-state index contributed by atoms with van der Waals surface area (Å²) in [5, 5.41) is 11.2. The standard InChI is InChI=1S/C24H26ClN5OS/c1-5-16-7-6-8-19-20(13-26-22(16)19)21(31)14-32-24-28-27-23(15(2)29(3)4)30(24)18-11-9-17(25)10-12-18/h6-13,15,26H,5,14H2,1-4H3/t15-/m0/s1. The van der Waals surface area contributed by atoms with E-state index in [9.17, 15) is 4.79 Å². The molecule has 0 aliphatic heterocycles. The molecule has 0 bridgehead atoms. The van der Waals surface area contributed by atoms with Gasteiger partial charge in [-0.15, -0.1) is 10.2 Å². The van der Waals surface area contributed by atoms with Gasteiger partial charge in [0.15, 0.2) is 16.8 Å². The summed E-state index contributed by atoms with van der Waals surface area (Å²) >= 11 is 7.49. The summed E-state index contributed by atoms with van der Waals surface area (Å²) in [7, 11) is 4.01. The summed E-state index contributed by atoms with van der Waals surface area (Å²) in [6, 6.07) is 13.7. The van der Waals surface area contributed by atoms with Crippen LogP contribution < -0.4 is 0 Å². The number of Topliss-reactive ketones (excluding diaryl/α,β-unsaturated/α-hetero) is 1. The molecule has 1 atom stereocenters. The third-order valence-electron chi connectivity index (χ3n) is 5.71. The minimum absolute atomic E-state index is 0.0457. The van der Waals surface area contributed by atoms with E-state index in [1.165, 1.54) is 17.3 Å². The van der Waals surface area contributed by atoms with Crippen molar-refractivity contribution in [3.8, 4) is 5.69 Å². The van der Waals surface area contributed by atoms with Gasteiger partial charge in [0.25, 0.3) is 0 Å². The quantitative estimate of drug-likeness (QED) is 0.271. The molecule has 0 aliphatic rings. The van der Waals surface area contributed by atoms with Crippen LogP contribution in [0.5, 0.6) is 0 Å². The van der Waals surface area contributed by atoms with Gasteiger partial charge in [-0.2, -0.15) is 0 Å². The minimum atomic E-state index is 0.0457. The molecule has 0 spiro atoms. The summed E-state index contributed by atoms with van der Waals surface area (Å²) in [4.78, 5) is 18.5. The van der Waals surface area contributed by atoms with Crippen LogP contribution in [0.2, 0.25) is 5.02 Å². The Labute approximate surface area is 197 Å². The predicted molar refractivity (Wildman–Crippen MR) is 131 cm³/mol. The van der Waals surface area contributed by atoms with Crippen molar-refractivity contribution in [3.63, 3.8) is 0 Å². The largest absolute Gasteiger partial charge is 0.360 e. The number of fused-ring (bicyclic) bond motifs is 1. The number of H-pyrrole nitrogens is 1. The number of aromatic nitrogens is 4. The van der Waals surface area contributed by atoms with Gasteiger partial charge in [0.1, 0.15) is 0 Å². The number of carbonyl (C=O) groups excluding carboxylic acids is 1. The number of benzene rings is 2. The molecular weight excluding hydrogens is 442 g/mol. The van der Waals surface area contributed by atoms with Crippen molar-refractivity contribution in [1.29, 1.82) is 0 Å². The molecule has 2 aromatic carbocycles. The van der Waals surface area contributed by atoms with E-state index in [1.807, 2.05) is 61.3 Å². The van der Waals surface area contributed by atoms with E-state index in [-0.39, 0.29) is 17.6 Å². The molecule has 1 N–H and O–H groups in total. The number of aryl methyl sites for hydroxylation is 1. The van der Waals surface area contributed by atoms with Gasteiger partial charge in [0.05, 0.1) is 11.8 Å². The first kappa shape index (κ1) is 22.6. The maximum Gasteiger partial charge on any atom is 0.196 e. The second-order valence-electron chi connectivity index (χ2n) is 7.90. The van der Waals surface area contributed by atoms with Gasteiger partial charge >= 0.3 is 0 Å².